The standard InChI is InChI=1S/C18H27BClNO3Si/c1-17(2)18(3,4)24-19(23-17)14-10-13(12-21)16(15(20)11-14)22-8-9-25(5,6)7/h10-11H,8-9H2,1-7H3. The Kier molecular flexibility index (Phi) is 5.65. The average Bonchev–Trinajstić information content (AvgIpc) is 2.67. The number of hydrogen-bond acceptors (Lipinski definition) is 4. The third kappa shape index (κ3) is 4.59. The van der Waals surface area contributed by atoms with Gasteiger partial charge in [0.1, 0.15) is 6.07 Å². The molecule has 0 N–H and O–H groups in total. The summed E-state index contributed by atoms with van der Waals surface area (Å²) in [6.45, 7) is 15.4. The van der Waals surface area contributed by atoms with Crippen molar-refractivity contribution in [3.8, 4) is 11.8 Å². The quantitative estimate of drug-likeness (QED) is 0.718. The molecule has 1 aromatic carbocycles. The lowest BCUT2D eigenvalue weighted by Crippen LogP contribution is -2.41. The van der Waals surface area contributed by atoms with Gasteiger partial charge in [-0.25, -0.2) is 0 Å². The Hall–Kier alpha value is -0.998. The second-order valence-electron chi connectivity index (χ2n) is 8.74. The molecule has 0 aliphatic carbocycles. The predicted octanol–water partition coefficient (Wildman–Crippen LogP) is 4.23. The van der Waals surface area contributed by atoms with Crippen molar-refractivity contribution in [3.05, 3.63) is 22.7 Å². The fourth-order valence-corrected chi connectivity index (χ4v) is 3.42. The van der Waals surface area contributed by atoms with Gasteiger partial charge in [-0.2, -0.15) is 5.26 Å². The fourth-order valence-electron chi connectivity index (χ4n) is 2.42. The van der Waals surface area contributed by atoms with Gasteiger partial charge in [0.25, 0.3) is 0 Å². The maximum absolute atomic E-state index is 9.51. The second-order valence-corrected chi connectivity index (χ2v) is 14.8. The van der Waals surface area contributed by atoms with Crippen LogP contribution in [0.15, 0.2) is 12.1 Å². The molecule has 0 saturated carbocycles. The van der Waals surface area contributed by atoms with Crippen molar-refractivity contribution in [1.29, 1.82) is 5.26 Å². The molecule has 0 atom stereocenters. The molecule has 0 bridgehead atoms. The summed E-state index contributed by atoms with van der Waals surface area (Å²) < 4.78 is 17.9. The van der Waals surface area contributed by atoms with E-state index in [1.807, 2.05) is 27.7 Å². The molecule has 0 aromatic heterocycles. The Balaban J connectivity index is 2.24. The molecule has 1 saturated heterocycles. The van der Waals surface area contributed by atoms with Crippen molar-refractivity contribution in [1.82, 2.24) is 0 Å². The topological polar surface area (TPSA) is 51.5 Å². The first-order chi connectivity index (χ1) is 11.4. The van der Waals surface area contributed by atoms with Crippen molar-refractivity contribution >= 4 is 32.3 Å². The number of hydrogen-bond donors (Lipinski definition) is 0. The highest BCUT2D eigenvalue weighted by Crippen LogP contribution is 2.37. The van der Waals surface area contributed by atoms with Crippen LogP contribution in [0.1, 0.15) is 33.3 Å². The zero-order valence-corrected chi connectivity index (χ0v) is 18.0. The summed E-state index contributed by atoms with van der Waals surface area (Å²) in [4.78, 5) is 0. The van der Waals surface area contributed by atoms with Gasteiger partial charge in [-0.15, -0.1) is 0 Å². The van der Waals surface area contributed by atoms with Crippen molar-refractivity contribution in [3.63, 3.8) is 0 Å². The molecule has 7 heteroatoms. The number of nitrogens with zero attached hydrogens (tertiary/aromatic N) is 1. The van der Waals surface area contributed by atoms with Crippen LogP contribution in [-0.4, -0.2) is 33.0 Å². The number of ether oxygens (including phenoxy) is 1. The minimum Gasteiger partial charge on any atom is -0.491 e. The van der Waals surface area contributed by atoms with Crippen LogP contribution in [0, 0.1) is 11.3 Å². The number of nitriles is 1. The fraction of sp³-hybridized carbons (Fsp3) is 0.611. The zero-order chi connectivity index (χ0) is 19.0. The zero-order valence-electron chi connectivity index (χ0n) is 16.2. The average molecular weight is 380 g/mol. The monoisotopic (exact) mass is 379 g/mol. The molecule has 1 aliphatic heterocycles. The predicted molar refractivity (Wildman–Crippen MR) is 106 cm³/mol. The normalized spacial score (nSPS) is 18.9. The Morgan fingerprint density at radius 1 is 1.16 bits per heavy atom. The SMILES string of the molecule is CC1(C)OB(c2cc(Cl)c(OCC[Si](C)(C)C)c(C#N)c2)OC1(C)C. The third-order valence-electron chi connectivity index (χ3n) is 4.81. The maximum atomic E-state index is 9.51. The van der Waals surface area contributed by atoms with Crippen LogP contribution in [-0.2, 0) is 9.31 Å². The summed E-state index contributed by atoms with van der Waals surface area (Å²) >= 11 is 6.41. The van der Waals surface area contributed by atoms with E-state index in [9.17, 15) is 5.26 Å². The lowest BCUT2D eigenvalue weighted by molar-refractivity contribution is 0.00578. The molecule has 25 heavy (non-hydrogen) atoms. The molecule has 0 amide bonds. The molecule has 1 heterocycles. The van der Waals surface area contributed by atoms with Gasteiger partial charge in [-0.1, -0.05) is 31.2 Å². The highest BCUT2D eigenvalue weighted by atomic mass is 35.5. The first-order valence-corrected chi connectivity index (χ1v) is 12.7. The number of rotatable bonds is 5. The smallest absolute Gasteiger partial charge is 0.491 e. The molecular formula is C18H27BClNO3Si. The Morgan fingerprint density at radius 2 is 1.72 bits per heavy atom. The minimum atomic E-state index is -1.21. The Bertz CT molecular complexity index is 679. The van der Waals surface area contributed by atoms with Gasteiger partial charge >= 0.3 is 7.12 Å². The van der Waals surface area contributed by atoms with E-state index < -0.39 is 26.4 Å². The van der Waals surface area contributed by atoms with Gasteiger partial charge in [0, 0.05) is 8.07 Å². The van der Waals surface area contributed by atoms with Crippen molar-refractivity contribution in [2.75, 3.05) is 6.61 Å². The van der Waals surface area contributed by atoms with Crippen LogP contribution in [0.25, 0.3) is 0 Å². The molecule has 136 valence electrons. The van der Waals surface area contributed by atoms with Crippen LogP contribution in [0.3, 0.4) is 0 Å². The van der Waals surface area contributed by atoms with E-state index in [0.717, 1.165) is 11.5 Å². The summed E-state index contributed by atoms with van der Waals surface area (Å²) in [5, 5.41) is 9.93. The van der Waals surface area contributed by atoms with E-state index in [1.165, 1.54) is 0 Å². The molecule has 1 aromatic rings. The highest BCUT2D eigenvalue weighted by Gasteiger charge is 2.51. The van der Waals surface area contributed by atoms with Crippen molar-refractivity contribution in [2.45, 2.75) is 64.6 Å². The summed E-state index contributed by atoms with van der Waals surface area (Å²) in [6.07, 6.45) is 0. The van der Waals surface area contributed by atoms with Gasteiger partial charge in [-0.05, 0) is 51.3 Å². The van der Waals surface area contributed by atoms with Gasteiger partial charge in [0.15, 0.2) is 5.75 Å². The Labute approximate surface area is 157 Å². The number of halogens is 1. The summed E-state index contributed by atoms with van der Waals surface area (Å²) in [6, 6.07) is 6.71. The van der Waals surface area contributed by atoms with E-state index in [4.69, 9.17) is 25.6 Å². The van der Waals surface area contributed by atoms with E-state index >= 15 is 0 Å². The molecular weight excluding hydrogens is 353 g/mol. The van der Waals surface area contributed by atoms with Gasteiger partial charge in [0.05, 0.1) is 28.4 Å². The van der Waals surface area contributed by atoms with E-state index in [-0.39, 0.29) is 0 Å². The third-order valence-corrected chi connectivity index (χ3v) is 6.80. The van der Waals surface area contributed by atoms with E-state index in [1.54, 1.807) is 12.1 Å². The summed E-state index contributed by atoms with van der Waals surface area (Å²) in [5.41, 5.74) is 0.262. The highest BCUT2D eigenvalue weighted by molar-refractivity contribution is 6.76. The molecule has 0 radical (unpaired) electrons. The summed E-state index contributed by atoms with van der Waals surface area (Å²) in [5.74, 6) is 0.447. The Morgan fingerprint density at radius 3 is 2.20 bits per heavy atom. The lowest BCUT2D eigenvalue weighted by Gasteiger charge is -2.32. The molecule has 0 unspecified atom stereocenters. The van der Waals surface area contributed by atoms with Crippen LogP contribution >= 0.6 is 11.6 Å². The van der Waals surface area contributed by atoms with Crippen molar-refractivity contribution < 1.29 is 14.0 Å². The van der Waals surface area contributed by atoms with Crippen LogP contribution < -0.4 is 10.2 Å². The van der Waals surface area contributed by atoms with Gasteiger partial charge < -0.3 is 14.0 Å². The minimum absolute atomic E-state index is 0.410. The molecule has 1 fully saturated rings. The van der Waals surface area contributed by atoms with Crippen LogP contribution in [0.4, 0.5) is 0 Å². The first kappa shape index (κ1) is 20.3. The van der Waals surface area contributed by atoms with Gasteiger partial charge in [0.2, 0.25) is 0 Å². The molecule has 1 aliphatic rings. The molecule has 4 nitrogen and oxygen atoms in total. The first-order valence-electron chi connectivity index (χ1n) is 8.58. The largest absolute Gasteiger partial charge is 0.494 e. The second kappa shape index (κ2) is 6.96. The lowest BCUT2D eigenvalue weighted by atomic mass is 9.78. The maximum Gasteiger partial charge on any atom is 0.494 e. The van der Waals surface area contributed by atoms with Crippen LogP contribution in [0.5, 0.6) is 5.75 Å². The van der Waals surface area contributed by atoms with E-state index in [2.05, 4.69) is 25.7 Å². The number of benzene rings is 1. The van der Waals surface area contributed by atoms with Crippen LogP contribution in [0.2, 0.25) is 30.7 Å². The van der Waals surface area contributed by atoms with Gasteiger partial charge in [-0.3, -0.25) is 0 Å². The van der Waals surface area contributed by atoms with E-state index in [0.29, 0.717) is 22.9 Å². The summed E-state index contributed by atoms with van der Waals surface area (Å²) in [7, 11) is -1.76. The molecule has 2 rings (SSSR count). The molecule has 0 spiro atoms. The van der Waals surface area contributed by atoms with Crippen molar-refractivity contribution in [2.24, 2.45) is 0 Å².